The van der Waals surface area contributed by atoms with E-state index in [1.54, 1.807) is 24.7 Å². The number of nitriles is 1. The van der Waals surface area contributed by atoms with Crippen molar-refractivity contribution in [3.63, 3.8) is 0 Å². The van der Waals surface area contributed by atoms with Crippen molar-refractivity contribution in [1.29, 1.82) is 5.26 Å². The minimum absolute atomic E-state index is 0.0218. The molecule has 0 saturated heterocycles. The number of halogens is 1. The van der Waals surface area contributed by atoms with Gasteiger partial charge < -0.3 is 21.1 Å². The number of nitrogens with zero attached hydrogens (tertiary/aromatic N) is 6. The molecule has 11 nitrogen and oxygen atoms in total. The van der Waals surface area contributed by atoms with Crippen LogP contribution in [0.4, 0.5) is 26.5 Å². The monoisotopic (exact) mass is 463 g/mol. The van der Waals surface area contributed by atoms with Crippen LogP contribution in [0.3, 0.4) is 0 Å². The van der Waals surface area contributed by atoms with Gasteiger partial charge >= 0.3 is 6.09 Å². The Labute approximate surface area is 194 Å². The molecule has 2 unspecified atom stereocenters. The van der Waals surface area contributed by atoms with Crippen molar-refractivity contribution in [2.45, 2.75) is 38.3 Å². The van der Waals surface area contributed by atoms with Crippen LogP contribution in [0.2, 0.25) is 0 Å². The van der Waals surface area contributed by atoms with E-state index in [0.29, 0.717) is 35.3 Å². The maximum atomic E-state index is 14.8. The third kappa shape index (κ3) is 4.32. The van der Waals surface area contributed by atoms with Gasteiger partial charge in [0.15, 0.2) is 17.5 Å². The first-order valence-corrected chi connectivity index (χ1v) is 10.9. The van der Waals surface area contributed by atoms with E-state index in [1.165, 1.54) is 4.80 Å². The van der Waals surface area contributed by atoms with E-state index in [-0.39, 0.29) is 29.3 Å². The number of fused-ring (bicyclic) bond motifs is 1. The molecule has 4 atom stereocenters. The lowest BCUT2D eigenvalue weighted by Gasteiger charge is -2.32. The minimum Gasteiger partial charge on any atom is -0.465 e. The number of anilines is 3. The molecule has 2 saturated carbocycles. The van der Waals surface area contributed by atoms with Crippen molar-refractivity contribution in [2.24, 2.45) is 11.8 Å². The Balaban J connectivity index is 1.42. The van der Waals surface area contributed by atoms with Crippen LogP contribution in [0.15, 0.2) is 30.7 Å². The summed E-state index contributed by atoms with van der Waals surface area (Å²) in [7, 11) is 0. The third-order valence-electron chi connectivity index (χ3n) is 6.35. The minimum atomic E-state index is -1.11. The van der Waals surface area contributed by atoms with Gasteiger partial charge in [0, 0.05) is 6.04 Å². The highest BCUT2D eigenvalue weighted by Crippen LogP contribution is 2.50. The normalized spacial score (nSPS) is 22.9. The molecule has 0 spiro atoms. The largest absolute Gasteiger partial charge is 0.465 e. The fraction of sp³-hybridized carbons (Fsp3) is 0.364. The van der Waals surface area contributed by atoms with Crippen molar-refractivity contribution in [3.05, 3.63) is 47.8 Å². The van der Waals surface area contributed by atoms with Crippen LogP contribution in [0.5, 0.6) is 0 Å². The molecule has 34 heavy (non-hydrogen) atoms. The Kier molecular flexibility index (Phi) is 5.45. The van der Waals surface area contributed by atoms with Crippen LogP contribution in [0.25, 0.3) is 5.69 Å². The molecule has 4 N–H and O–H groups in total. The van der Waals surface area contributed by atoms with Crippen LogP contribution >= 0.6 is 0 Å². The average molecular weight is 463 g/mol. The van der Waals surface area contributed by atoms with Gasteiger partial charge in [-0.3, -0.25) is 4.98 Å². The van der Waals surface area contributed by atoms with Gasteiger partial charge in [0.05, 0.1) is 41.6 Å². The maximum Gasteiger partial charge on any atom is 0.404 e. The summed E-state index contributed by atoms with van der Waals surface area (Å²) in [5.41, 5.74) is 1.87. The Morgan fingerprint density at radius 1 is 1.18 bits per heavy atom. The average Bonchev–Trinajstić information content (AvgIpc) is 3.33. The lowest BCUT2D eigenvalue weighted by atomic mass is 9.90. The van der Waals surface area contributed by atoms with E-state index < -0.39 is 11.9 Å². The van der Waals surface area contributed by atoms with Crippen LogP contribution in [0.1, 0.15) is 30.5 Å². The second-order valence-electron chi connectivity index (χ2n) is 8.63. The van der Waals surface area contributed by atoms with Crippen LogP contribution in [-0.2, 0) is 0 Å². The molecule has 3 heterocycles. The molecule has 1 amide bonds. The summed E-state index contributed by atoms with van der Waals surface area (Å²) >= 11 is 0. The van der Waals surface area contributed by atoms with Gasteiger partial charge in [0.25, 0.3) is 0 Å². The SMILES string of the molecule is Cc1ncc(Nc2nc(N[C@@H]3CC4CC4C[C@@H]3NC(=O)O)c(F)cc2C#N)cc1-n1nccn1. The molecule has 3 aromatic rings. The number of hydrogen-bond acceptors (Lipinski definition) is 8. The van der Waals surface area contributed by atoms with Gasteiger partial charge in [-0.05, 0) is 50.2 Å². The third-order valence-corrected chi connectivity index (χ3v) is 6.35. The number of aromatic nitrogens is 5. The highest BCUT2D eigenvalue weighted by atomic mass is 19.1. The fourth-order valence-electron chi connectivity index (χ4n) is 4.56. The molecule has 2 aliphatic rings. The smallest absolute Gasteiger partial charge is 0.404 e. The van der Waals surface area contributed by atoms with Gasteiger partial charge in [0.2, 0.25) is 0 Å². The Hall–Kier alpha value is -4.27. The molecule has 0 aromatic carbocycles. The second kappa shape index (κ2) is 8.58. The summed E-state index contributed by atoms with van der Waals surface area (Å²) in [5.74, 6) is 0.448. The lowest BCUT2D eigenvalue weighted by Crippen LogP contribution is -2.49. The highest BCUT2D eigenvalue weighted by molar-refractivity contribution is 5.67. The number of hydrogen-bond donors (Lipinski definition) is 4. The topological polar surface area (TPSA) is 154 Å². The molecule has 2 fully saturated rings. The zero-order valence-electron chi connectivity index (χ0n) is 18.2. The molecule has 174 valence electrons. The first-order valence-electron chi connectivity index (χ1n) is 10.9. The number of carboxylic acid groups (broad SMARTS) is 1. The number of amides is 1. The summed E-state index contributed by atoms with van der Waals surface area (Å²) in [4.78, 5) is 21.3. The maximum absolute atomic E-state index is 14.8. The van der Waals surface area contributed by atoms with Crippen molar-refractivity contribution < 1.29 is 14.3 Å². The van der Waals surface area contributed by atoms with E-state index >= 15 is 0 Å². The number of aryl methyl sites for hydroxylation is 1. The standard InChI is InChI=1S/C22H22FN9O2/c1-11-19(32-26-2-3-27-32)8-15(10-25-11)28-20-14(9-24)5-16(23)21(31-20)29-17-6-12-4-13(12)7-18(17)30-22(33)34/h2-3,5,8,10,12-13,17-18,30H,4,6-7H2,1H3,(H,33,34)(H2,28,29,31)/t12?,13?,17-,18+/m1/s1. The molecular formula is C22H22FN9O2. The van der Waals surface area contributed by atoms with E-state index in [0.717, 1.165) is 18.9 Å². The van der Waals surface area contributed by atoms with Gasteiger partial charge in [-0.25, -0.2) is 14.2 Å². The van der Waals surface area contributed by atoms with E-state index in [4.69, 9.17) is 0 Å². The summed E-state index contributed by atoms with van der Waals surface area (Å²) in [5, 5.41) is 35.6. The second-order valence-corrected chi connectivity index (χ2v) is 8.63. The van der Waals surface area contributed by atoms with Gasteiger partial charge in [-0.15, -0.1) is 4.80 Å². The van der Waals surface area contributed by atoms with Crippen molar-refractivity contribution in [1.82, 2.24) is 30.3 Å². The summed E-state index contributed by atoms with van der Waals surface area (Å²) < 4.78 is 14.8. The summed E-state index contributed by atoms with van der Waals surface area (Å²) in [6.45, 7) is 1.82. The summed E-state index contributed by atoms with van der Waals surface area (Å²) in [6, 6.07) is 4.17. The molecule has 0 radical (unpaired) electrons. The number of carbonyl (C=O) groups is 1. The Morgan fingerprint density at radius 3 is 2.62 bits per heavy atom. The molecule has 0 bridgehead atoms. The molecule has 2 aliphatic carbocycles. The predicted molar refractivity (Wildman–Crippen MR) is 119 cm³/mol. The molecule has 0 aliphatic heterocycles. The molecule has 5 rings (SSSR count). The van der Waals surface area contributed by atoms with Crippen molar-refractivity contribution >= 4 is 23.4 Å². The number of nitrogens with one attached hydrogen (secondary N) is 3. The first-order chi connectivity index (χ1) is 16.4. The lowest BCUT2D eigenvalue weighted by molar-refractivity contribution is 0.183. The van der Waals surface area contributed by atoms with E-state index in [2.05, 4.69) is 36.1 Å². The van der Waals surface area contributed by atoms with Crippen molar-refractivity contribution in [3.8, 4) is 11.8 Å². The van der Waals surface area contributed by atoms with Crippen molar-refractivity contribution in [2.75, 3.05) is 10.6 Å². The first kappa shape index (κ1) is 21.6. The zero-order valence-corrected chi connectivity index (χ0v) is 18.2. The zero-order chi connectivity index (χ0) is 23.8. The van der Waals surface area contributed by atoms with Crippen LogP contribution in [-0.4, -0.2) is 48.2 Å². The van der Waals surface area contributed by atoms with Crippen LogP contribution < -0.4 is 16.0 Å². The number of pyridine rings is 2. The van der Waals surface area contributed by atoms with Crippen LogP contribution in [0, 0.1) is 35.9 Å². The van der Waals surface area contributed by atoms with E-state index in [1.807, 2.05) is 13.0 Å². The predicted octanol–water partition coefficient (Wildman–Crippen LogP) is 2.97. The Bertz CT molecular complexity index is 1270. The summed E-state index contributed by atoms with van der Waals surface area (Å²) in [6.07, 6.45) is 6.05. The Morgan fingerprint density at radius 2 is 1.91 bits per heavy atom. The fourth-order valence-corrected chi connectivity index (χ4v) is 4.56. The molecular weight excluding hydrogens is 441 g/mol. The van der Waals surface area contributed by atoms with Gasteiger partial charge in [-0.1, -0.05) is 0 Å². The quantitative estimate of drug-likeness (QED) is 0.432. The van der Waals surface area contributed by atoms with E-state index in [9.17, 15) is 19.6 Å². The van der Waals surface area contributed by atoms with Gasteiger partial charge in [-0.2, -0.15) is 15.5 Å². The number of rotatable bonds is 6. The molecule has 12 heteroatoms. The van der Waals surface area contributed by atoms with Gasteiger partial charge in [0.1, 0.15) is 11.8 Å². The molecule has 3 aromatic heterocycles. The highest BCUT2D eigenvalue weighted by Gasteiger charge is 2.47.